The summed E-state index contributed by atoms with van der Waals surface area (Å²) in [5, 5.41) is 9.93. The van der Waals surface area contributed by atoms with Gasteiger partial charge in [-0.25, -0.2) is 13.1 Å². The molecule has 0 heterocycles. The molecule has 266 valence electrons. The lowest BCUT2D eigenvalue weighted by Crippen LogP contribution is -2.53. The Bertz CT molecular complexity index is 2180. The number of phenolic OH excluding ortho intramolecular Hbond substituents is 1. The summed E-state index contributed by atoms with van der Waals surface area (Å²) in [6.07, 6.45) is 13.0. The van der Waals surface area contributed by atoms with Gasteiger partial charge in [-0.2, -0.15) is 0 Å². The van der Waals surface area contributed by atoms with Crippen molar-refractivity contribution in [1.82, 2.24) is 4.72 Å². The van der Waals surface area contributed by atoms with E-state index in [2.05, 4.69) is 50.6 Å². The van der Waals surface area contributed by atoms with Crippen molar-refractivity contribution in [2.45, 2.75) is 83.3 Å². The van der Waals surface area contributed by atoms with Crippen LogP contribution in [0.15, 0.2) is 78.6 Å². The van der Waals surface area contributed by atoms with Crippen LogP contribution in [-0.2, 0) is 21.9 Å². The zero-order valence-electron chi connectivity index (χ0n) is 29.9. The Morgan fingerprint density at radius 1 is 1.00 bits per heavy atom. The number of anilines is 1. The predicted octanol–water partition coefficient (Wildman–Crippen LogP) is 7.57. The lowest BCUT2D eigenvalue weighted by Gasteiger charge is -2.55. The minimum atomic E-state index is -3.80. The zero-order chi connectivity index (χ0) is 36.5. The van der Waals surface area contributed by atoms with Crippen molar-refractivity contribution in [3.05, 3.63) is 123 Å². The molecule has 0 saturated heterocycles. The first-order chi connectivity index (χ1) is 24.1. The summed E-state index contributed by atoms with van der Waals surface area (Å²) in [5.74, 6) is -0.341. The zero-order valence-corrected chi connectivity index (χ0v) is 30.7. The van der Waals surface area contributed by atoms with Crippen molar-refractivity contribution in [2.75, 3.05) is 12.3 Å². The summed E-state index contributed by atoms with van der Waals surface area (Å²) in [6, 6.07) is 13.1. The summed E-state index contributed by atoms with van der Waals surface area (Å²) in [6.45, 7) is 11.2. The largest absolute Gasteiger partial charge is 0.507 e. The Labute approximate surface area is 300 Å². The molecule has 4 N–H and O–H groups in total. The van der Waals surface area contributed by atoms with Crippen molar-refractivity contribution in [1.29, 1.82) is 0 Å². The maximum Gasteiger partial charge on any atom is 0.221 e. The Kier molecular flexibility index (Phi) is 8.66. The average Bonchev–Trinajstić information content (AvgIpc) is 3.34. The van der Waals surface area contributed by atoms with Crippen LogP contribution in [0.4, 0.5) is 5.69 Å². The predicted molar refractivity (Wildman–Crippen MR) is 200 cm³/mol. The number of aromatic hydroxyl groups is 1. The second-order valence-corrected chi connectivity index (χ2v) is 17.5. The highest BCUT2D eigenvalue weighted by Gasteiger charge is 2.52. The van der Waals surface area contributed by atoms with Gasteiger partial charge in [-0.3, -0.25) is 9.59 Å². The van der Waals surface area contributed by atoms with Gasteiger partial charge in [-0.1, -0.05) is 88.2 Å². The molecule has 51 heavy (non-hydrogen) atoms. The molecule has 0 spiro atoms. The quantitative estimate of drug-likeness (QED) is 0.133. The van der Waals surface area contributed by atoms with Crippen LogP contribution in [0.25, 0.3) is 0 Å². The fraction of sp³-hybridized carbons (Fsp3) is 0.381. The number of benzene rings is 3. The number of carbonyl (C=O) groups excluding carboxylic acids is 2. The molecule has 0 radical (unpaired) electrons. The van der Waals surface area contributed by atoms with Crippen molar-refractivity contribution >= 4 is 27.3 Å². The monoisotopic (exact) mass is 706 g/mol. The number of hydrogen-bond acceptors (Lipinski definition) is 7. The molecule has 3 aromatic rings. The summed E-state index contributed by atoms with van der Waals surface area (Å²) in [4.78, 5) is 26.8. The minimum Gasteiger partial charge on any atom is -0.507 e. The number of allylic oxidation sites excluding steroid dienone is 3. The van der Waals surface area contributed by atoms with Crippen molar-refractivity contribution in [2.24, 2.45) is 11.3 Å². The third-order valence-electron chi connectivity index (χ3n) is 11.9. The number of ether oxygens (including phenoxy) is 1. The molecule has 4 unspecified atom stereocenters. The van der Waals surface area contributed by atoms with Gasteiger partial charge in [0.25, 0.3) is 0 Å². The lowest BCUT2D eigenvalue weighted by molar-refractivity contribution is 0.0298. The fourth-order valence-electron chi connectivity index (χ4n) is 9.07. The molecular formula is C42H46N2O6S. The van der Waals surface area contributed by atoms with Crippen molar-refractivity contribution in [3.63, 3.8) is 0 Å². The number of rotatable bonds is 7. The highest BCUT2D eigenvalue weighted by molar-refractivity contribution is 7.90. The van der Waals surface area contributed by atoms with Crippen LogP contribution >= 0.6 is 0 Å². The van der Waals surface area contributed by atoms with Gasteiger partial charge in [0.1, 0.15) is 16.8 Å². The van der Waals surface area contributed by atoms with E-state index >= 15 is 0 Å². The molecule has 0 amide bonds. The number of sulfonamides is 1. The number of nitrogens with one attached hydrogen (secondary N) is 1. The maximum absolute atomic E-state index is 13.8. The second kappa shape index (κ2) is 12.6. The van der Waals surface area contributed by atoms with Crippen molar-refractivity contribution < 1.29 is 27.9 Å². The van der Waals surface area contributed by atoms with Gasteiger partial charge in [0.05, 0.1) is 16.8 Å². The molecule has 1 saturated carbocycles. The first-order valence-electron chi connectivity index (χ1n) is 17.8. The summed E-state index contributed by atoms with van der Waals surface area (Å²) >= 11 is 0. The third kappa shape index (κ3) is 5.94. The van der Waals surface area contributed by atoms with Gasteiger partial charge in [0, 0.05) is 23.7 Å². The van der Waals surface area contributed by atoms with Crippen LogP contribution < -0.4 is 15.2 Å². The number of carbonyl (C=O) groups is 2. The Balaban J connectivity index is 1.07. The minimum absolute atomic E-state index is 0.00683. The molecule has 4 atom stereocenters. The summed E-state index contributed by atoms with van der Waals surface area (Å²) in [5.41, 5.74) is 11.3. The average molecular weight is 707 g/mol. The summed E-state index contributed by atoms with van der Waals surface area (Å²) in [7, 11) is -3.80. The van der Waals surface area contributed by atoms with Crippen LogP contribution in [0, 0.1) is 18.3 Å². The number of hydrogen-bond donors (Lipinski definition) is 3. The molecule has 3 aromatic carbocycles. The van der Waals surface area contributed by atoms with Crippen LogP contribution in [0.2, 0.25) is 0 Å². The molecule has 0 aromatic heterocycles. The van der Waals surface area contributed by atoms with E-state index in [0.717, 1.165) is 37.7 Å². The van der Waals surface area contributed by atoms with E-state index in [9.17, 15) is 23.1 Å². The normalized spacial score (nSPS) is 25.4. The SMILES string of the molecule is Cc1ccc2c(c1)C(=O)c1c(O)cc(OC3=CC=CC(S(=O)(=O)NCC4(C)CCCC5(C)c6ccc(C(C)C)cc6CCC45)C=C3)c(N)c1C2=O. The Morgan fingerprint density at radius 2 is 1.76 bits per heavy atom. The maximum atomic E-state index is 13.8. The highest BCUT2D eigenvalue weighted by atomic mass is 32.2. The smallest absolute Gasteiger partial charge is 0.221 e. The van der Waals surface area contributed by atoms with Gasteiger partial charge in [0.15, 0.2) is 17.3 Å². The van der Waals surface area contributed by atoms with Crippen LogP contribution in [0.5, 0.6) is 11.5 Å². The molecular weight excluding hydrogens is 661 g/mol. The van der Waals surface area contributed by atoms with E-state index < -0.39 is 32.6 Å². The van der Waals surface area contributed by atoms with Gasteiger partial charge in [-0.05, 0) is 90.2 Å². The molecule has 7 rings (SSSR count). The molecule has 0 aliphatic heterocycles. The van der Waals surface area contributed by atoms with Gasteiger partial charge in [-0.15, -0.1) is 0 Å². The number of nitrogens with two attached hydrogens (primary N) is 1. The standard InChI is InChI=1S/C42H46N2O6S/c1-24(2)26-11-16-32-27(21-26)12-17-35-41(4,18-7-19-42(32,35)5)23-44-51(48,49)29-9-6-8-28(13-14-29)50-34-22-33(45)36-37(38(34)43)39(46)30-15-10-25(3)20-31(30)40(36)47/h6,8-11,13-16,20-22,24,29,35,44-45H,7,12,17-19,23,43H2,1-5H3. The van der Waals surface area contributed by atoms with E-state index in [-0.39, 0.29) is 50.3 Å². The van der Waals surface area contributed by atoms with E-state index in [1.54, 1.807) is 36.4 Å². The van der Waals surface area contributed by atoms with Crippen LogP contribution in [-0.4, -0.2) is 36.9 Å². The van der Waals surface area contributed by atoms with E-state index in [0.29, 0.717) is 18.4 Å². The molecule has 0 bridgehead atoms. The van der Waals surface area contributed by atoms with Gasteiger partial charge >= 0.3 is 0 Å². The summed E-state index contributed by atoms with van der Waals surface area (Å²) < 4.78 is 36.5. The number of phenols is 1. The van der Waals surface area contributed by atoms with E-state index in [4.69, 9.17) is 10.5 Å². The Morgan fingerprint density at radius 3 is 2.53 bits per heavy atom. The number of aryl methyl sites for hydroxylation is 2. The molecule has 4 aliphatic carbocycles. The fourth-order valence-corrected chi connectivity index (χ4v) is 10.4. The van der Waals surface area contributed by atoms with Crippen molar-refractivity contribution in [3.8, 4) is 11.5 Å². The van der Waals surface area contributed by atoms with E-state index in [1.807, 2.05) is 6.92 Å². The highest BCUT2D eigenvalue weighted by Crippen LogP contribution is 2.57. The van der Waals surface area contributed by atoms with Gasteiger partial charge < -0.3 is 15.6 Å². The topological polar surface area (TPSA) is 136 Å². The van der Waals surface area contributed by atoms with Crippen LogP contribution in [0.1, 0.15) is 113 Å². The number of nitrogen functional groups attached to an aromatic ring is 1. The first-order valence-corrected chi connectivity index (χ1v) is 19.4. The second-order valence-electron chi connectivity index (χ2n) is 15.6. The van der Waals surface area contributed by atoms with E-state index in [1.165, 1.54) is 34.9 Å². The molecule has 1 fully saturated rings. The molecule has 9 heteroatoms. The Hall–Kier alpha value is -4.47. The number of ketones is 2. The van der Waals surface area contributed by atoms with Crippen LogP contribution in [0.3, 0.4) is 0 Å². The molecule has 4 aliphatic rings. The lowest BCUT2D eigenvalue weighted by atomic mass is 9.50. The van der Waals surface area contributed by atoms with Gasteiger partial charge in [0.2, 0.25) is 10.0 Å². The number of fused-ring (bicyclic) bond motifs is 5. The third-order valence-corrected chi connectivity index (χ3v) is 13.4. The first kappa shape index (κ1) is 35.0. The molecule has 8 nitrogen and oxygen atoms in total.